The zero-order valence-corrected chi connectivity index (χ0v) is 17.5. The molecule has 0 aliphatic carbocycles. The Morgan fingerprint density at radius 2 is 1.71 bits per heavy atom. The molecule has 2 aromatic carbocycles. The number of amides is 1. The average molecular weight is 422 g/mol. The Morgan fingerprint density at radius 1 is 1.04 bits per heavy atom. The molecule has 1 amide bonds. The zero-order chi connectivity index (χ0) is 19.9. The lowest BCUT2D eigenvalue weighted by Gasteiger charge is -2.34. The quantitative estimate of drug-likeness (QED) is 0.735. The van der Waals surface area contributed by atoms with Crippen LogP contribution in [0, 0.1) is 6.92 Å². The second-order valence-corrected chi connectivity index (χ2v) is 7.80. The summed E-state index contributed by atoms with van der Waals surface area (Å²) in [5.74, 6) is 0.791. The Kier molecular flexibility index (Phi) is 7.57. The van der Waals surface area contributed by atoms with Gasteiger partial charge in [0.1, 0.15) is 12.4 Å². The molecule has 2 aromatic rings. The molecule has 0 saturated carbocycles. The summed E-state index contributed by atoms with van der Waals surface area (Å²) in [5.41, 5.74) is 1.73. The van der Waals surface area contributed by atoms with Gasteiger partial charge in [0.2, 0.25) is 5.91 Å². The Bertz CT molecular complexity index is 791. The van der Waals surface area contributed by atoms with Crippen molar-refractivity contribution >= 4 is 34.8 Å². The first-order valence-corrected chi connectivity index (χ1v) is 10.1. The number of ether oxygens (including phenoxy) is 1. The van der Waals surface area contributed by atoms with Crippen molar-refractivity contribution in [2.45, 2.75) is 6.92 Å². The van der Waals surface area contributed by atoms with E-state index in [9.17, 15) is 4.79 Å². The molecule has 7 heteroatoms. The molecule has 1 aliphatic heterocycles. The van der Waals surface area contributed by atoms with Gasteiger partial charge in [0.25, 0.3) is 0 Å². The van der Waals surface area contributed by atoms with Crippen molar-refractivity contribution in [1.29, 1.82) is 0 Å². The Labute approximate surface area is 176 Å². The van der Waals surface area contributed by atoms with Crippen molar-refractivity contribution in [2.75, 3.05) is 51.2 Å². The predicted octanol–water partition coefficient (Wildman–Crippen LogP) is 3.94. The normalized spacial score (nSPS) is 15.4. The third-order valence-electron chi connectivity index (χ3n) is 4.72. The Hall–Kier alpha value is -1.79. The monoisotopic (exact) mass is 421 g/mol. The molecule has 150 valence electrons. The molecule has 1 fully saturated rings. The van der Waals surface area contributed by atoms with Crippen LogP contribution in [0.3, 0.4) is 0 Å². The van der Waals surface area contributed by atoms with Crippen molar-refractivity contribution in [1.82, 2.24) is 9.80 Å². The minimum atomic E-state index is -0.0368. The molecular formula is C21H25Cl2N3O2. The van der Waals surface area contributed by atoms with Crippen LogP contribution in [0.1, 0.15) is 5.56 Å². The van der Waals surface area contributed by atoms with E-state index in [2.05, 4.69) is 15.1 Å². The molecule has 1 aliphatic rings. The number of halogens is 2. The molecule has 0 bridgehead atoms. The van der Waals surface area contributed by atoms with E-state index in [1.165, 1.54) is 0 Å². The van der Waals surface area contributed by atoms with Gasteiger partial charge in [-0.05, 0) is 48.9 Å². The SMILES string of the molecule is Cc1ccc(NC(=O)CN2CCN(CCOc3ccc(Cl)cc3)CC2)c(Cl)c1. The molecular weight excluding hydrogens is 397 g/mol. The van der Waals surface area contributed by atoms with Gasteiger partial charge in [-0.2, -0.15) is 0 Å². The number of hydrogen-bond donors (Lipinski definition) is 1. The van der Waals surface area contributed by atoms with Gasteiger partial charge in [0, 0.05) is 37.7 Å². The maximum atomic E-state index is 12.3. The molecule has 28 heavy (non-hydrogen) atoms. The topological polar surface area (TPSA) is 44.8 Å². The smallest absolute Gasteiger partial charge is 0.238 e. The van der Waals surface area contributed by atoms with Gasteiger partial charge in [0.05, 0.1) is 17.3 Å². The van der Waals surface area contributed by atoms with E-state index in [0.717, 1.165) is 44.0 Å². The molecule has 1 saturated heterocycles. The van der Waals surface area contributed by atoms with Gasteiger partial charge >= 0.3 is 0 Å². The molecule has 5 nitrogen and oxygen atoms in total. The van der Waals surface area contributed by atoms with Crippen molar-refractivity contribution < 1.29 is 9.53 Å². The first kappa shape index (κ1) is 20.9. The summed E-state index contributed by atoms with van der Waals surface area (Å²) in [4.78, 5) is 16.8. The van der Waals surface area contributed by atoms with E-state index >= 15 is 0 Å². The lowest BCUT2D eigenvalue weighted by molar-refractivity contribution is -0.117. The zero-order valence-electron chi connectivity index (χ0n) is 16.0. The van der Waals surface area contributed by atoms with Crippen LogP contribution in [0.25, 0.3) is 0 Å². The van der Waals surface area contributed by atoms with E-state index in [4.69, 9.17) is 27.9 Å². The number of hydrogen-bond acceptors (Lipinski definition) is 4. The minimum absolute atomic E-state index is 0.0368. The molecule has 0 spiro atoms. The summed E-state index contributed by atoms with van der Waals surface area (Å²) >= 11 is 12.1. The average Bonchev–Trinajstić information content (AvgIpc) is 2.67. The highest BCUT2D eigenvalue weighted by atomic mass is 35.5. The Balaban J connectivity index is 1.35. The van der Waals surface area contributed by atoms with Crippen molar-refractivity contribution in [3.05, 3.63) is 58.1 Å². The van der Waals surface area contributed by atoms with E-state index < -0.39 is 0 Å². The fourth-order valence-electron chi connectivity index (χ4n) is 3.11. The molecule has 0 atom stereocenters. The van der Waals surface area contributed by atoms with Crippen LogP contribution >= 0.6 is 23.2 Å². The van der Waals surface area contributed by atoms with Crippen molar-refractivity contribution in [2.24, 2.45) is 0 Å². The van der Waals surface area contributed by atoms with Gasteiger partial charge in [-0.25, -0.2) is 0 Å². The number of rotatable bonds is 7. The number of benzene rings is 2. The number of carbonyl (C=O) groups excluding carboxylic acids is 1. The van der Waals surface area contributed by atoms with Crippen molar-refractivity contribution in [3.63, 3.8) is 0 Å². The number of anilines is 1. The van der Waals surface area contributed by atoms with Gasteiger partial charge in [-0.3, -0.25) is 14.6 Å². The fourth-order valence-corrected chi connectivity index (χ4v) is 3.52. The largest absolute Gasteiger partial charge is 0.492 e. The van der Waals surface area contributed by atoms with Crippen LogP contribution in [0.2, 0.25) is 10.0 Å². The van der Waals surface area contributed by atoms with Gasteiger partial charge in [-0.1, -0.05) is 29.3 Å². The van der Waals surface area contributed by atoms with Crippen LogP contribution in [0.15, 0.2) is 42.5 Å². The highest BCUT2D eigenvalue weighted by molar-refractivity contribution is 6.33. The van der Waals surface area contributed by atoms with Crippen LogP contribution in [-0.4, -0.2) is 61.6 Å². The van der Waals surface area contributed by atoms with Gasteiger partial charge in [0.15, 0.2) is 0 Å². The Morgan fingerprint density at radius 3 is 2.39 bits per heavy atom. The maximum Gasteiger partial charge on any atom is 0.238 e. The second-order valence-electron chi connectivity index (χ2n) is 6.95. The van der Waals surface area contributed by atoms with E-state index in [1.54, 1.807) is 0 Å². The van der Waals surface area contributed by atoms with Crippen LogP contribution in [-0.2, 0) is 4.79 Å². The highest BCUT2D eigenvalue weighted by Crippen LogP contribution is 2.22. The standard InChI is InChI=1S/C21H25Cl2N3O2/c1-16-2-7-20(19(23)14-16)24-21(27)15-26-10-8-25(9-11-26)12-13-28-18-5-3-17(22)4-6-18/h2-7,14H,8-13,15H2,1H3,(H,24,27). The summed E-state index contributed by atoms with van der Waals surface area (Å²) in [6, 6.07) is 13.0. The molecule has 0 aromatic heterocycles. The van der Waals surface area contributed by atoms with E-state index in [1.807, 2.05) is 49.4 Å². The number of piperazine rings is 1. The van der Waals surface area contributed by atoms with E-state index in [-0.39, 0.29) is 5.91 Å². The number of nitrogens with one attached hydrogen (secondary N) is 1. The fraction of sp³-hybridized carbons (Fsp3) is 0.381. The molecule has 0 radical (unpaired) electrons. The van der Waals surface area contributed by atoms with Crippen LogP contribution in [0.4, 0.5) is 5.69 Å². The van der Waals surface area contributed by atoms with Gasteiger partial charge in [-0.15, -0.1) is 0 Å². The summed E-state index contributed by atoms with van der Waals surface area (Å²) in [5, 5.41) is 4.17. The predicted molar refractivity (Wildman–Crippen MR) is 115 cm³/mol. The molecule has 1 heterocycles. The first-order chi connectivity index (χ1) is 13.5. The summed E-state index contributed by atoms with van der Waals surface area (Å²) in [7, 11) is 0. The number of aryl methyl sites for hydroxylation is 1. The maximum absolute atomic E-state index is 12.3. The summed E-state index contributed by atoms with van der Waals surface area (Å²) in [6.07, 6.45) is 0. The summed E-state index contributed by atoms with van der Waals surface area (Å²) in [6.45, 7) is 7.39. The number of carbonyl (C=O) groups is 1. The van der Waals surface area contributed by atoms with Crippen LogP contribution in [0.5, 0.6) is 5.75 Å². The molecule has 0 unspecified atom stereocenters. The minimum Gasteiger partial charge on any atom is -0.492 e. The van der Waals surface area contributed by atoms with E-state index in [0.29, 0.717) is 28.9 Å². The summed E-state index contributed by atoms with van der Waals surface area (Å²) < 4.78 is 5.75. The third-order valence-corrected chi connectivity index (χ3v) is 5.29. The lowest BCUT2D eigenvalue weighted by atomic mass is 10.2. The number of nitrogens with zero attached hydrogens (tertiary/aromatic N) is 2. The highest BCUT2D eigenvalue weighted by Gasteiger charge is 2.19. The molecule has 1 N–H and O–H groups in total. The van der Waals surface area contributed by atoms with Gasteiger partial charge < -0.3 is 10.1 Å². The lowest BCUT2D eigenvalue weighted by Crippen LogP contribution is -2.49. The second kappa shape index (κ2) is 10.1. The third kappa shape index (κ3) is 6.38. The molecule has 3 rings (SSSR count). The first-order valence-electron chi connectivity index (χ1n) is 9.39. The van der Waals surface area contributed by atoms with Crippen LogP contribution < -0.4 is 10.1 Å². The van der Waals surface area contributed by atoms with Crippen molar-refractivity contribution in [3.8, 4) is 5.75 Å².